The van der Waals surface area contributed by atoms with E-state index in [1.807, 2.05) is 35.9 Å². The SMILES string of the molecule is Cn1c(COC(=O)Cc2n[nH]c(=O)c3ccccc23)nc2ccccc21. The third-order valence-corrected chi connectivity index (χ3v) is 4.33. The first-order valence-corrected chi connectivity index (χ1v) is 8.16. The van der Waals surface area contributed by atoms with E-state index in [4.69, 9.17) is 4.74 Å². The lowest BCUT2D eigenvalue weighted by Gasteiger charge is -2.06. The Balaban J connectivity index is 1.52. The van der Waals surface area contributed by atoms with E-state index in [0.29, 0.717) is 22.3 Å². The van der Waals surface area contributed by atoms with Gasteiger partial charge in [-0.2, -0.15) is 5.10 Å². The number of nitrogens with zero attached hydrogens (tertiary/aromatic N) is 3. The summed E-state index contributed by atoms with van der Waals surface area (Å²) in [6.07, 6.45) is -0.0266. The summed E-state index contributed by atoms with van der Waals surface area (Å²) in [7, 11) is 1.88. The average molecular weight is 348 g/mol. The summed E-state index contributed by atoms with van der Waals surface area (Å²) in [4.78, 5) is 28.5. The average Bonchev–Trinajstić information content (AvgIpc) is 2.99. The molecule has 0 radical (unpaired) electrons. The zero-order valence-electron chi connectivity index (χ0n) is 14.1. The maximum absolute atomic E-state index is 12.2. The smallest absolute Gasteiger partial charge is 0.312 e. The Labute approximate surface area is 148 Å². The van der Waals surface area contributed by atoms with Gasteiger partial charge >= 0.3 is 5.97 Å². The summed E-state index contributed by atoms with van der Waals surface area (Å²) in [5.74, 6) is 0.237. The molecule has 0 aliphatic carbocycles. The van der Waals surface area contributed by atoms with Crippen molar-refractivity contribution in [1.29, 1.82) is 0 Å². The van der Waals surface area contributed by atoms with Crippen LogP contribution in [0.4, 0.5) is 0 Å². The minimum absolute atomic E-state index is 0.0266. The quantitative estimate of drug-likeness (QED) is 0.571. The van der Waals surface area contributed by atoms with Gasteiger partial charge in [-0.15, -0.1) is 0 Å². The number of aryl methyl sites for hydroxylation is 1. The van der Waals surface area contributed by atoms with Crippen LogP contribution in [0.25, 0.3) is 21.8 Å². The number of fused-ring (bicyclic) bond motifs is 2. The van der Waals surface area contributed by atoms with Crippen molar-refractivity contribution in [2.24, 2.45) is 7.05 Å². The number of aromatic amines is 1. The number of ether oxygens (including phenoxy) is 1. The van der Waals surface area contributed by atoms with E-state index in [0.717, 1.165) is 11.0 Å². The standard InChI is InChI=1S/C19H16N4O3/c1-23-16-9-5-4-8-14(16)20-17(23)11-26-18(24)10-15-12-6-2-3-7-13(12)19(25)22-21-15/h2-9H,10-11H2,1H3,(H,22,25). The lowest BCUT2D eigenvalue weighted by Crippen LogP contribution is -2.15. The van der Waals surface area contributed by atoms with Gasteiger partial charge in [0, 0.05) is 12.4 Å². The highest BCUT2D eigenvalue weighted by molar-refractivity contribution is 5.86. The molecule has 4 rings (SSSR count). The van der Waals surface area contributed by atoms with Gasteiger partial charge < -0.3 is 9.30 Å². The first-order chi connectivity index (χ1) is 12.6. The van der Waals surface area contributed by atoms with Crippen LogP contribution in [0.15, 0.2) is 53.3 Å². The highest BCUT2D eigenvalue weighted by atomic mass is 16.5. The Bertz CT molecular complexity index is 1180. The molecule has 0 unspecified atom stereocenters. The second-order valence-electron chi connectivity index (χ2n) is 5.96. The Hall–Kier alpha value is -3.48. The maximum Gasteiger partial charge on any atom is 0.312 e. The van der Waals surface area contributed by atoms with E-state index in [9.17, 15) is 9.59 Å². The molecule has 1 N–H and O–H groups in total. The molecule has 130 valence electrons. The molecule has 0 saturated heterocycles. The molecule has 7 heteroatoms. The predicted molar refractivity (Wildman–Crippen MR) is 96.6 cm³/mol. The van der Waals surface area contributed by atoms with Crippen LogP contribution >= 0.6 is 0 Å². The topological polar surface area (TPSA) is 89.9 Å². The van der Waals surface area contributed by atoms with Crippen molar-refractivity contribution < 1.29 is 9.53 Å². The zero-order chi connectivity index (χ0) is 18.1. The first-order valence-electron chi connectivity index (χ1n) is 8.16. The summed E-state index contributed by atoms with van der Waals surface area (Å²) in [5, 5.41) is 7.56. The lowest BCUT2D eigenvalue weighted by atomic mass is 10.1. The van der Waals surface area contributed by atoms with E-state index >= 15 is 0 Å². The summed E-state index contributed by atoms with van der Waals surface area (Å²) in [6, 6.07) is 14.8. The minimum atomic E-state index is -0.429. The molecule has 7 nitrogen and oxygen atoms in total. The van der Waals surface area contributed by atoms with Gasteiger partial charge in [-0.05, 0) is 18.2 Å². The van der Waals surface area contributed by atoms with Crippen molar-refractivity contribution >= 4 is 27.8 Å². The van der Waals surface area contributed by atoms with Crippen molar-refractivity contribution in [3.63, 3.8) is 0 Å². The Morgan fingerprint density at radius 1 is 1.12 bits per heavy atom. The number of H-pyrrole nitrogens is 1. The van der Waals surface area contributed by atoms with Crippen molar-refractivity contribution in [3.05, 3.63) is 70.4 Å². The van der Waals surface area contributed by atoms with Crippen molar-refractivity contribution in [2.45, 2.75) is 13.0 Å². The number of carbonyl (C=O) groups is 1. The molecular weight excluding hydrogens is 332 g/mol. The molecule has 0 aliphatic rings. The van der Waals surface area contributed by atoms with Crippen LogP contribution in [-0.2, 0) is 29.6 Å². The van der Waals surface area contributed by atoms with E-state index in [2.05, 4.69) is 15.2 Å². The van der Waals surface area contributed by atoms with E-state index in [1.54, 1.807) is 24.3 Å². The third-order valence-electron chi connectivity index (χ3n) is 4.33. The van der Waals surface area contributed by atoms with Crippen LogP contribution in [0, 0.1) is 0 Å². The molecule has 0 bridgehead atoms. The predicted octanol–water partition coefficient (Wildman–Crippen LogP) is 2.10. The van der Waals surface area contributed by atoms with E-state index in [1.165, 1.54) is 0 Å². The monoisotopic (exact) mass is 348 g/mol. The highest BCUT2D eigenvalue weighted by Crippen LogP contribution is 2.16. The van der Waals surface area contributed by atoms with Crippen LogP contribution in [-0.4, -0.2) is 25.7 Å². The lowest BCUT2D eigenvalue weighted by molar-refractivity contribution is -0.144. The summed E-state index contributed by atoms with van der Waals surface area (Å²) < 4.78 is 7.27. The van der Waals surface area contributed by atoms with Crippen LogP contribution in [0.1, 0.15) is 11.5 Å². The Kier molecular flexibility index (Phi) is 3.96. The second kappa shape index (κ2) is 6.44. The number of hydrogen-bond acceptors (Lipinski definition) is 5. The molecule has 0 amide bonds. The molecule has 0 atom stereocenters. The second-order valence-corrected chi connectivity index (χ2v) is 5.96. The molecule has 0 saturated carbocycles. The number of carbonyl (C=O) groups excluding carboxylic acids is 1. The number of hydrogen-bond donors (Lipinski definition) is 1. The van der Waals surface area contributed by atoms with Gasteiger partial charge in [-0.1, -0.05) is 30.3 Å². The highest BCUT2D eigenvalue weighted by Gasteiger charge is 2.14. The Morgan fingerprint density at radius 3 is 2.65 bits per heavy atom. The number of para-hydroxylation sites is 2. The van der Waals surface area contributed by atoms with E-state index in [-0.39, 0.29) is 18.6 Å². The van der Waals surface area contributed by atoms with Crippen LogP contribution in [0.5, 0.6) is 0 Å². The first kappa shape index (κ1) is 16.0. The van der Waals surface area contributed by atoms with Gasteiger partial charge in [-0.3, -0.25) is 9.59 Å². The molecule has 2 heterocycles. The molecule has 2 aromatic carbocycles. The van der Waals surface area contributed by atoms with Gasteiger partial charge in [0.2, 0.25) is 0 Å². The minimum Gasteiger partial charge on any atom is -0.457 e. The number of benzene rings is 2. The number of aromatic nitrogens is 4. The molecule has 0 spiro atoms. The maximum atomic E-state index is 12.2. The fourth-order valence-electron chi connectivity index (χ4n) is 2.96. The Morgan fingerprint density at radius 2 is 1.85 bits per heavy atom. The van der Waals surface area contributed by atoms with Crippen molar-refractivity contribution in [1.82, 2.24) is 19.7 Å². The van der Waals surface area contributed by atoms with Gasteiger partial charge in [-0.25, -0.2) is 10.1 Å². The fourth-order valence-corrected chi connectivity index (χ4v) is 2.96. The summed E-state index contributed by atoms with van der Waals surface area (Å²) in [6.45, 7) is 0.0747. The van der Waals surface area contributed by atoms with Crippen LogP contribution in [0.2, 0.25) is 0 Å². The third kappa shape index (κ3) is 2.83. The van der Waals surface area contributed by atoms with Crippen LogP contribution in [0.3, 0.4) is 0 Å². The number of rotatable bonds is 4. The summed E-state index contributed by atoms with van der Waals surface area (Å²) >= 11 is 0. The largest absolute Gasteiger partial charge is 0.457 e. The van der Waals surface area contributed by atoms with E-state index < -0.39 is 5.97 Å². The molecule has 26 heavy (non-hydrogen) atoms. The molecule has 0 fully saturated rings. The number of nitrogens with one attached hydrogen (secondary N) is 1. The zero-order valence-corrected chi connectivity index (χ0v) is 14.1. The summed E-state index contributed by atoms with van der Waals surface area (Å²) in [5.41, 5.74) is 2.04. The molecule has 4 aromatic rings. The molecule has 2 aromatic heterocycles. The van der Waals surface area contributed by atoms with Gasteiger partial charge in [0.25, 0.3) is 5.56 Å². The van der Waals surface area contributed by atoms with Gasteiger partial charge in [0.1, 0.15) is 12.4 Å². The van der Waals surface area contributed by atoms with Crippen molar-refractivity contribution in [2.75, 3.05) is 0 Å². The van der Waals surface area contributed by atoms with Crippen LogP contribution < -0.4 is 5.56 Å². The van der Waals surface area contributed by atoms with Crippen molar-refractivity contribution in [3.8, 4) is 0 Å². The fraction of sp³-hybridized carbons (Fsp3) is 0.158. The number of esters is 1. The van der Waals surface area contributed by atoms with Gasteiger partial charge in [0.05, 0.1) is 28.5 Å². The number of imidazole rings is 1. The molecular formula is C19H16N4O3. The molecule has 0 aliphatic heterocycles. The normalized spacial score (nSPS) is 11.1. The van der Waals surface area contributed by atoms with Gasteiger partial charge in [0.15, 0.2) is 0 Å².